The molecule has 1 aromatic rings. The third kappa shape index (κ3) is 2.50. The fourth-order valence-electron chi connectivity index (χ4n) is 1.87. The number of rotatable bonds is 2. The maximum atomic E-state index is 12.0. The van der Waals surface area contributed by atoms with Crippen molar-refractivity contribution in [3.63, 3.8) is 0 Å². The Labute approximate surface area is 103 Å². The number of nitrogens with two attached hydrogens (primary N) is 1. The number of nitrogens with zero attached hydrogens (tertiary/aromatic N) is 1. The van der Waals surface area contributed by atoms with Crippen molar-refractivity contribution in [1.82, 2.24) is 9.88 Å². The number of amides is 1. The maximum Gasteiger partial charge on any atom is 0.227 e. The number of hydrogen-bond donors (Lipinski definition) is 2. The van der Waals surface area contributed by atoms with Gasteiger partial charge in [-0.1, -0.05) is 0 Å². The number of likely N-dealkylation sites (tertiary alicyclic amines) is 1. The van der Waals surface area contributed by atoms with Crippen molar-refractivity contribution in [2.24, 2.45) is 5.73 Å². The van der Waals surface area contributed by atoms with Gasteiger partial charge in [-0.25, -0.2) is 0 Å². The lowest BCUT2D eigenvalue weighted by Crippen LogP contribution is -2.32. The Morgan fingerprint density at radius 2 is 2.50 bits per heavy atom. The number of aryl methyl sites for hydroxylation is 1. The van der Waals surface area contributed by atoms with E-state index in [2.05, 4.69) is 4.98 Å². The van der Waals surface area contributed by atoms with Gasteiger partial charge in [-0.15, -0.1) is 11.3 Å². The van der Waals surface area contributed by atoms with Crippen molar-refractivity contribution in [1.29, 1.82) is 0 Å². The van der Waals surface area contributed by atoms with Crippen molar-refractivity contribution in [3.8, 4) is 0 Å². The molecule has 0 radical (unpaired) electrons. The van der Waals surface area contributed by atoms with Crippen molar-refractivity contribution < 1.29 is 4.79 Å². The summed E-state index contributed by atoms with van der Waals surface area (Å²) >= 11 is 6.53. The van der Waals surface area contributed by atoms with Crippen LogP contribution < -0.4 is 5.73 Å². The Morgan fingerprint density at radius 3 is 3.00 bits per heavy atom. The molecule has 0 bridgehead atoms. The first-order valence-electron chi connectivity index (χ1n) is 5.28. The molecule has 1 aromatic heterocycles. The van der Waals surface area contributed by atoms with E-state index in [0.29, 0.717) is 13.0 Å². The Balaban J connectivity index is 2.02. The molecule has 1 unspecified atom stereocenters. The highest BCUT2D eigenvalue weighted by Gasteiger charge is 2.24. The number of hydrogen-bond acceptors (Lipinski definition) is 4. The predicted molar refractivity (Wildman–Crippen MR) is 67.1 cm³/mol. The highest BCUT2D eigenvalue weighted by molar-refractivity contribution is 7.73. The van der Waals surface area contributed by atoms with Crippen LogP contribution in [0.15, 0.2) is 0 Å². The van der Waals surface area contributed by atoms with Gasteiger partial charge in [-0.2, -0.15) is 0 Å². The van der Waals surface area contributed by atoms with Crippen LogP contribution in [0.3, 0.4) is 0 Å². The quantitative estimate of drug-likeness (QED) is 0.783. The molecule has 0 aliphatic carbocycles. The third-order valence-corrected chi connectivity index (χ3v) is 4.15. The average molecular weight is 257 g/mol. The largest absolute Gasteiger partial charge is 0.341 e. The molecule has 4 nitrogen and oxygen atoms in total. The second-order valence-corrected chi connectivity index (χ2v) is 5.90. The standard InChI is InChI=1S/C10H15N3OS2/c1-6-8(16-10(15)12-6)4-9(14)13-3-2-7(11)5-13/h7H,2-5,11H2,1H3,(H,12,15). The van der Waals surface area contributed by atoms with Gasteiger partial charge < -0.3 is 15.6 Å². The van der Waals surface area contributed by atoms with E-state index in [-0.39, 0.29) is 11.9 Å². The summed E-state index contributed by atoms with van der Waals surface area (Å²) in [5.74, 6) is 0.154. The summed E-state index contributed by atoms with van der Waals surface area (Å²) in [6, 6.07) is 0.148. The Hall–Kier alpha value is -0.720. The number of H-pyrrole nitrogens is 1. The predicted octanol–water partition coefficient (Wildman–Crippen LogP) is 1.22. The molecule has 2 rings (SSSR count). The third-order valence-electron chi connectivity index (χ3n) is 2.81. The van der Waals surface area contributed by atoms with Crippen molar-refractivity contribution in [2.45, 2.75) is 25.8 Å². The smallest absolute Gasteiger partial charge is 0.227 e. The van der Waals surface area contributed by atoms with Crippen molar-refractivity contribution >= 4 is 29.5 Å². The Bertz CT molecular complexity index is 451. The maximum absolute atomic E-state index is 12.0. The van der Waals surface area contributed by atoms with Gasteiger partial charge in [0.15, 0.2) is 3.95 Å². The molecular weight excluding hydrogens is 242 g/mol. The topological polar surface area (TPSA) is 62.1 Å². The van der Waals surface area contributed by atoms with Crippen LogP contribution in [-0.4, -0.2) is 34.9 Å². The number of aromatic nitrogens is 1. The molecule has 0 aromatic carbocycles. The monoisotopic (exact) mass is 257 g/mol. The second kappa shape index (κ2) is 4.65. The molecule has 1 aliphatic rings. The first-order chi connectivity index (χ1) is 7.56. The van der Waals surface area contributed by atoms with Crippen LogP contribution in [0.5, 0.6) is 0 Å². The van der Waals surface area contributed by atoms with Crippen molar-refractivity contribution in [3.05, 3.63) is 14.5 Å². The summed E-state index contributed by atoms with van der Waals surface area (Å²) in [4.78, 5) is 17.9. The lowest BCUT2D eigenvalue weighted by Gasteiger charge is -2.15. The van der Waals surface area contributed by atoms with Crippen LogP contribution in [0.25, 0.3) is 0 Å². The van der Waals surface area contributed by atoms with Crippen LogP contribution in [0.2, 0.25) is 0 Å². The molecule has 6 heteroatoms. The zero-order chi connectivity index (χ0) is 11.7. The molecule has 1 saturated heterocycles. The van der Waals surface area contributed by atoms with E-state index in [4.69, 9.17) is 18.0 Å². The number of aromatic amines is 1. The summed E-state index contributed by atoms with van der Waals surface area (Å²) in [6.45, 7) is 3.42. The van der Waals surface area contributed by atoms with Crippen LogP contribution in [-0.2, 0) is 11.2 Å². The lowest BCUT2D eigenvalue weighted by molar-refractivity contribution is -0.129. The van der Waals surface area contributed by atoms with E-state index in [9.17, 15) is 4.79 Å². The fraction of sp³-hybridized carbons (Fsp3) is 0.600. The van der Waals surface area contributed by atoms with Gasteiger partial charge >= 0.3 is 0 Å². The Kier molecular flexibility index (Phi) is 3.41. The van der Waals surface area contributed by atoms with Crippen LogP contribution >= 0.6 is 23.6 Å². The van der Waals surface area contributed by atoms with Gasteiger partial charge in [0, 0.05) is 29.7 Å². The molecule has 1 fully saturated rings. The lowest BCUT2D eigenvalue weighted by atomic mass is 10.3. The summed E-state index contributed by atoms with van der Waals surface area (Å²) in [6.07, 6.45) is 1.35. The second-order valence-electron chi connectivity index (χ2n) is 4.13. The van der Waals surface area contributed by atoms with Gasteiger partial charge in [0.1, 0.15) is 0 Å². The van der Waals surface area contributed by atoms with Gasteiger partial charge in [0.2, 0.25) is 5.91 Å². The summed E-state index contributed by atoms with van der Waals surface area (Å²) in [5, 5.41) is 0. The highest BCUT2D eigenvalue weighted by atomic mass is 32.1. The first kappa shape index (κ1) is 11.8. The van der Waals surface area contributed by atoms with E-state index >= 15 is 0 Å². The van der Waals surface area contributed by atoms with E-state index < -0.39 is 0 Å². The molecule has 0 spiro atoms. The molecule has 1 atom stereocenters. The average Bonchev–Trinajstić information content (AvgIpc) is 2.74. The van der Waals surface area contributed by atoms with Crippen LogP contribution in [0, 0.1) is 10.9 Å². The van der Waals surface area contributed by atoms with E-state index in [1.165, 1.54) is 11.3 Å². The van der Waals surface area contributed by atoms with Gasteiger partial charge in [-0.05, 0) is 25.6 Å². The minimum Gasteiger partial charge on any atom is -0.341 e. The van der Waals surface area contributed by atoms with E-state index in [1.54, 1.807) is 0 Å². The Morgan fingerprint density at radius 1 is 1.75 bits per heavy atom. The van der Waals surface area contributed by atoms with E-state index in [0.717, 1.165) is 27.5 Å². The SMILES string of the molecule is Cc1[nH]c(=S)sc1CC(=O)N1CCC(N)C1. The summed E-state index contributed by atoms with van der Waals surface area (Å²) < 4.78 is 0.735. The molecule has 88 valence electrons. The number of carbonyl (C=O) groups excluding carboxylic acids is 1. The molecule has 3 N–H and O–H groups in total. The van der Waals surface area contributed by atoms with Gasteiger partial charge in [0.25, 0.3) is 0 Å². The first-order valence-corrected chi connectivity index (χ1v) is 6.50. The van der Waals surface area contributed by atoms with Gasteiger partial charge in [0.05, 0.1) is 6.42 Å². The minimum absolute atomic E-state index is 0.148. The molecule has 1 aliphatic heterocycles. The minimum atomic E-state index is 0.148. The fourth-order valence-corrected chi connectivity index (χ4v) is 3.15. The summed E-state index contributed by atoms with van der Waals surface area (Å²) in [7, 11) is 0. The van der Waals surface area contributed by atoms with Crippen LogP contribution in [0.1, 0.15) is 17.0 Å². The number of carbonyl (C=O) groups is 1. The molecule has 16 heavy (non-hydrogen) atoms. The molecular formula is C10H15N3OS2. The van der Waals surface area contributed by atoms with Gasteiger partial charge in [-0.3, -0.25) is 4.79 Å². The number of thiazole rings is 1. The summed E-state index contributed by atoms with van der Waals surface area (Å²) in [5.41, 5.74) is 6.78. The zero-order valence-corrected chi connectivity index (χ0v) is 10.8. The highest BCUT2D eigenvalue weighted by Crippen LogP contribution is 2.17. The molecule has 2 heterocycles. The normalized spacial score (nSPS) is 20.4. The molecule has 0 saturated carbocycles. The van der Waals surface area contributed by atoms with Crippen molar-refractivity contribution in [2.75, 3.05) is 13.1 Å². The molecule has 1 amide bonds. The van der Waals surface area contributed by atoms with E-state index in [1.807, 2.05) is 11.8 Å². The number of nitrogens with one attached hydrogen (secondary N) is 1. The zero-order valence-electron chi connectivity index (χ0n) is 9.16. The van der Waals surface area contributed by atoms with Crippen LogP contribution in [0.4, 0.5) is 0 Å².